The van der Waals surface area contributed by atoms with Crippen LogP contribution in [0.4, 0.5) is 4.39 Å². The van der Waals surface area contributed by atoms with Gasteiger partial charge in [0, 0.05) is 11.3 Å². The van der Waals surface area contributed by atoms with Gasteiger partial charge in [-0.25, -0.2) is 4.39 Å². The average molecular weight is 155 g/mol. The number of thioether (sulfide) groups is 1. The molecule has 0 aliphatic heterocycles. The molecule has 1 aliphatic carbocycles. The van der Waals surface area contributed by atoms with E-state index in [1.807, 2.05) is 5.40 Å². The van der Waals surface area contributed by atoms with E-state index in [4.69, 9.17) is 5.26 Å². The predicted molar refractivity (Wildman–Crippen MR) is 39.7 cm³/mol. The van der Waals surface area contributed by atoms with Crippen molar-refractivity contribution >= 4 is 11.8 Å². The molecule has 0 heterocycles. The van der Waals surface area contributed by atoms with Crippen LogP contribution in [-0.4, -0.2) is 0 Å². The molecule has 0 unspecified atom stereocenters. The minimum atomic E-state index is -0.0951. The minimum absolute atomic E-state index is 0.0951. The van der Waals surface area contributed by atoms with E-state index >= 15 is 0 Å². The predicted octanol–water partition coefficient (Wildman–Crippen LogP) is 2.73. The Labute approximate surface area is 63.2 Å². The fourth-order valence-corrected chi connectivity index (χ4v) is 1.19. The van der Waals surface area contributed by atoms with Crippen LogP contribution in [0.5, 0.6) is 0 Å². The van der Waals surface area contributed by atoms with Gasteiger partial charge in [0.2, 0.25) is 0 Å². The fourth-order valence-electron chi connectivity index (χ4n) is 0.736. The molecule has 52 valence electrons. The Morgan fingerprint density at radius 3 is 2.80 bits per heavy atom. The molecule has 0 fully saturated rings. The third kappa shape index (κ3) is 1.89. The van der Waals surface area contributed by atoms with E-state index in [9.17, 15) is 4.39 Å². The topological polar surface area (TPSA) is 23.8 Å². The number of hydrogen-bond donors (Lipinski definition) is 0. The summed E-state index contributed by atoms with van der Waals surface area (Å²) in [6.45, 7) is 0. The second-order valence-corrected chi connectivity index (χ2v) is 2.85. The van der Waals surface area contributed by atoms with E-state index in [0.29, 0.717) is 12.8 Å². The normalized spacial score (nSPS) is 17.2. The molecule has 0 amide bonds. The quantitative estimate of drug-likeness (QED) is 0.543. The van der Waals surface area contributed by atoms with Gasteiger partial charge in [-0.1, -0.05) is 0 Å². The summed E-state index contributed by atoms with van der Waals surface area (Å²) in [5.41, 5.74) is 0. The second-order valence-electron chi connectivity index (χ2n) is 1.94. The molecule has 0 N–H and O–H groups in total. The Bertz CT molecular complexity index is 224. The number of hydrogen-bond acceptors (Lipinski definition) is 2. The van der Waals surface area contributed by atoms with Crippen molar-refractivity contribution in [3.8, 4) is 5.40 Å². The van der Waals surface area contributed by atoms with Crippen LogP contribution in [-0.2, 0) is 0 Å². The molecule has 3 heteroatoms. The van der Waals surface area contributed by atoms with E-state index < -0.39 is 0 Å². The van der Waals surface area contributed by atoms with Gasteiger partial charge in [-0.05, 0) is 30.3 Å². The van der Waals surface area contributed by atoms with Gasteiger partial charge in [0.15, 0.2) is 0 Å². The summed E-state index contributed by atoms with van der Waals surface area (Å²) in [5.74, 6) is -0.0951. The van der Waals surface area contributed by atoms with Crippen molar-refractivity contribution in [2.24, 2.45) is 0 Å². The Balaban J connectivity index is 2.57. The standard InChI is InChI=1S/C7H6FNS/c8-6-1-3-7(4-2-6)10-5-9/h1,3H,2,4H2. The van der Waals surface area contributed by atoms with Crippen LogP contribution >= 0.6 is 11.8 Å². The van der Waals surface area contributed by atoms with Crippen molar-refractivity contribution < 1.29 is 4.39 Å². The number of nitrogens with zero attached hydrogens (tertiary/aromatic N) is 1. The van der Waals surface area contributed by atoms with Crippen molar-refractivity contribution in [2.45, 2.75) is 12.8 Å². The number of thiocyanates is 1. The lowest BCUT2D eigenvalue weighted by molar-refractivity contribution is 0.586. The Morgan fingerprint density at radius 2 is 2.30 bits per heavy atom. The maximum Gasteiger partial charge on any atom is 0.138 e. The van der Waals surface area contributed by atoms with E-state index in [2.05, 4.69) is 0 Å². The zero-order valence-electron chi connectivity index (χ0n) is 5.30. The summed E-state index contributed by atoms with van der Waals surface area (Å²) in [4.78, 5) is 0.948. The van der Waals surface area contributed by atoms with Gasteiger partial charge in [0.1, 0.15) is 11.2 Å². The second kappa shape index (κ2) is 3.43. The van der Waals surface area contributed by atoms with Crippen LogP contribution in [0.25, 0.3) is 0 Å². The first-order chi connectivity index (χ1) is 4.83. The maximum absolute atomic E-state index is 12.3. The number of rotatable bonds is 1. The molecule has 0 radical (unpaired) electrons. The Morgan fingerprint density at radius 1 is 1.50 bits per heavy atom. The lowest BCUT2D eigenvalue weighted by atomic mass is 10.2. The highest BCUT2D eigenvalue weighted by atomic mass is 32.2. The number of allylic oxidation sites excluding steroid dienone is 4. The van der Waals surface area contributed by atoms with E-state index in [-0.39, 0.29) is 5.83 Å². The Kier molecular flexibility index (Phi) is 2.52. The van der Waals surface area contributed by atoms with Crippen LogP contribution in [0.15, 0.2) is 22.9 Å². The van der Waals surface area contributed by atoms with Gasteiger partial charge in [0.05, 0.1) is 0 Å². The molecule has 1 nitrogen and oxygen atoms in total. The van der Waals surface area contributed by atoms with Gasteiger partial charge < -0.3 is 0 Å². The molecule has 0 aromatic heterocycles. The average Bonchev–Trinajstić information content (AvgIpc) is 1.95. The fraction of sp³-hybridized carbons (Fsp3) is 0.286. The maximum atomic E-state index is 12.3. The van der Waals surface area contributed by atoms with Crippen LogP contribution in [0.3, 0.4) is 0 Å². The largest absolute Gasteiger partial charge is 0.212 e. The van der Waals surface area contributed by atoms with Crippen molar-refractivity contribution in [2.75, 3.05) is 0 Å². The Hall–Kier alpha value is -0.750. The molecule has 0 aromatic carbocycles. The van der Waals surface area contributed by atoms with Gasteiger partial charge in [-0.15, -0.1) is 0 Å². The molecule has 0 saturated heterocycles. The lowest BCUT2D eigenvalue weighted by Gasteiger charge is -2.04. The van der Waals surface area contributed by atoms with Gasteiger partial charge in [0.25, 0.3) is 0 Å². The highest BCUT2D eigenvalue weighted by Crippen LogP contribution is 2.26. The van der Waals surface area contributed by atoms with Crippen molar-refractivity contribution in [3.05, 3.63) is 22.9 Å². The van der Waals surface area contributed by atoms with Crippen molar-refractivity contribution in [1.29, 1.82) is 5.26 Å². The molecular formula is C7H6FNS. The molecule has 10 heavy (non-hydrogen) atoms. The van der Waals surface area contributed by atoms with Gasteiger partial charge in [-0.3, -0.25) is 0 Å². The van der Waals surface area contributed by atoms with Crippen LogP contribution in [0.1, 0.15) is 12.8 Å². The molecule has 0 atom stereocenters. The first kappa shape index (κ1) is 7.36. The smallest absolute Gasteiger partial charge is 0.138 e. The summed E-state index contributed by atoms with van der Waals surface area (Å²) in [5, 5.41) is 10.2. The molecule has 1 rings (SSSR count). The van der Waals surface area contributed by atoms with Crippen LogP contribution in [0, 0.1) is 10.7 Å². The summed E-state index contributed by atoms with van der Waals surface area (Å²) < 4.78 is 12.3. The summed E-state index contributed by atoms with van der Waals surface area (Å²) in [6, 6.07) is 0. The van der Waals surface area contributed by atoms with Crippen LogP contribution in [0.2, 0.25) is 0 Å². The van der Waals surface area contributed by atoms with E-state index in [1.54, 1.807) is 6.08 Å². The molecule has 0 spiro atoms. The highest BCUT2D eigenvalue weighted by Gasteiger charge is 2.04. The monoisotopic (exact) mass is 155 g/mol. The molecular weight excluding hydrogens is 149 g/mol. The molecule has 0 saturated carbocycles. The van der Waals surface area contributed by atoms with Crippen molar-refractivity contribution in [3.63, 3.8) is 0 Å². The summed E-state index contributed by atoms with van der Waals surface area (Å²) in [7, 11) is 0. The molecule has 0 bridgehead atoms. The zero-order chi connectivity index (χ0) is 7.40. The number of nitriles is 1. The van der Waals surface area contributed by atoms with E-state index in [0.717, 1.165) is 16.7 Å². The van der Waals surface area contributed by atoms with Crippen molar-refractivity contribution in [1.82, 2.24) is 0 Å². The van der Waals surface area contributed by atoms with Crippen LogP contribution < -0.4 is 0 Å². The summed E-state index contributed by atoms with van der Waals surface area (Å²) in [6.07, 6.45) is 4.19. The zero-order valence-corrected chi connectivity index (χ0v) is 6.12. The summed E-state index contributed by atoms with van der Waals surface area (Å²) >= 11 is 1.11. The number of halogens is 1. The van der Waals surface area contributed by atoms with Gasteiger partial charge >= 0.3 is 0 Å². The molecule has 1 aliphatic rings. The minimum Gasteiger partial charge on any atom is -0.212 e. The first-order valence-electron chi connectivity index (χ1n) is 2.94. The van der Waals surface area contributed by atoms with E-state index in [1.165, 1.54) is 6.08 Å². The highest BCUT2D eigenvalue weighted by molar-refractivity contribution is 8.07. The third-order valence-electron chi connectivity index (χ3n) is 1.24. The third-order valence-corrected chi connectivity index (χ3v) is 1.93. The SMILES string of the molecule is N#CSC1=CC=C(F)CC1. The molecule has 0 aromatic rings. The van der Waals surface area contributed by atoms with Gasteiger partial charge in [-0.2, -0.15) is 5.26 Å². The lowest BCUT2D eigenvalue weighted by Crippen LogP contribution is -1.84. The first-order valence-corrected chi connectivity index (χ1v) is 3.76.